The van der Waals surface area contributed by atoms with Crippen LogP contribution in [-0.4, -0.2) is 30.4 Å². The highest BCUT2D eigenvalue weighted by Gasteiger charge is 2.20. The summed E-state index contributed by atoms with van der Waals surface area (Å²) in [6, 6.07) is 11.6. The number of benzene rings is 1. The molecule has 0 spiro atoms. The van der Waals surface area contributed by atoms with Gasteiger partial charge < -0.3 is 4.42 Å². The first-order valence-electron chi connectivity index (χ1n) is 7.44. The third-order valence-electron chi connectivity index (χ3n) is 3.61. The Hall–Kier alpha value is -2.87. The second kappa shape index (κ2) is 5.97. The van der Waals surface area contributed by atoms with Crippen LogP contribution in [0.4, 0.5) is 0 Å². The molecule has 1 atom stereocenters. The van der Waals surface area contributed by atoms with Crippen molar-refractivity contribution in [2.75, 3.05) is 0 Å². The van der Waals surface area contributed by atoms with Crippen molar-refractivity contribution in [1.29, 1.82) is 0 Å². The number of hydrogen-bond donors (Lipinski definition) is 0. The quantitative estimate of drug-likeness (QED) is 0.567. The van der Waals surface area contributed by atoms with Crippen LogP contribution in [0.25, 0.3) is 22.2 Å². The van der Waals surface area contributed by atoms with Gasteiger partial charge in [-0.25, -0.2) is 0 Å². The van der Waals surface area contributed by atoms with Crippen molar-refractivity contribution in [3.8, 4) is 22.2 Å². The van der Waals surface area contributed by atoms with Gasteiger partial charge in [0, 0.05) is 5.56 Å². The van der Waals surface area contributed by atoms with Crippen molar-refractivity contribution in [1.82, 2.24) is 30.4 Å². The molecule has 1 aromatic carbocycles. The molecule has 0 aliphatic heterocycles. The monoisotopic (exact) mass is 338 g/mol. The van der Waals surface area contributed by atoms with E-state index in [2.05, 4.69) is 25.6 Å². The minimum absolute atomic E-state index is 0.294. The topological polar surface area (TPSA) is 82.5 Å². The molecule has 3 aromatic heterocycles. The Bertz CT molecular complexity index is 941. The van der Waals surface area contributed by atoms with Crippen LogP contribution in [0.3, 0.4) is 0 Å². The van der Waals surface area contributed by atoms with Crippen LogP contribution < -0.4 is 0 Å². The Morgan fingerprint density at radius 1 is 1.08 bits per heavy atom. The van der Waals surface area contributed by atoms with Gasteiger partial charge in [-0.05, 0) is 30.5 Å². The molecule has 0 saturated heterocycles. The molecule has 120 valence electrons. The standard InChI is InChI=1S/C16H14N6OS/c1-10-5-7-12(8-6-10)14-17-21-22(20-14)11(2)15-18-19-16(23-15)13-4-3-9-24-13/h3-9,11H,1-2H3. The lowest BCUT2D eigenvalue weighted by Crippen LogP contribution is -2.11. The van der Waals surface area contributed by atoms with Crippen LogP contribution in [0.15, 0.2) is 46.2 Å². The van der Waals surface area contributed by atoms with Crippen LogP contribution >= 0.6 is 11.3 Å². The fourth-order valence-electron chi connectivity index (χ4n) is 2.21. The lowest BCUT2D eigenvalue weighted by Gasteiger charge is -2.03. The van der Waals surface area contributed by atoms with E-state index in [0.717, 1.165) is 10.4 Å². The summed E-state index contributed by atoms with van der Waals surface area (Å²) < 4.78 is 5.73. The van der Waals surface area contributed by atoms with E-state index >= 15 is 0 Å². The normalized spacial score (nSPS) is 12.4. The summed E-state index contributed by atoms with van der Waals surface area (Å²) in [4.78, 5) is 2.42. The van der Waals surface area contributed by atoms with Crippen molar-refractivity contribution < 1.29 is 4.42 Å². The number of aryl methyl sites for hydroxylation is 1. The Morgan fingerprint density at radius 2 is 1.92 bits per heavy atom. The zero-order valence-corrected chi connectivity index (χ0v) is 13.9. The van der Waals surface area contributed by atoms with Gasteiger partial charge >= 0.3 is 0 Å². The Kier molecular flexibility index (Phi) is 3.66. The molecule has 0 bridgehead atoms. The molecule has 3 heterocycles. The number of nitrogens with zero attached hydrogens (tertiary/aromatic N) is 6. The van der Waals surface area contributed by atoms with Crippen LogP contribution in [0.1, 0.15) is 24.4 Å². The molecular weight excluding hydrogens is 324 g/mol. The van der Waals surface area contributed by atoms with Gasteiger partial charge in [-0.15, -0.1) is 31.7 Å². The summed E-state index contributed by atoms with van der Waals surface area (Å²) in [7, 11) is 0. The highest BCUT2D eigenvalue weighted by atomic mass is 32.1. The number of thiophene rings is 1. The average molecular weight is 338 g/mol. The summed E-state index contributed by atoms with van der Waals surface area (Å²) in [5, 5.41) is 22.8. The van der Waals surface area contributed by atoms with Crippen molar-refractivity contribution >= 4 is 11.3 Å². The summed E-state index contributed by atoms with van der Waals surface area (Å²) in [6.45, 7) is 3.93. The van der Waals surface area contributed by atoms with E-state index in [1.165, 1.54) is 10.4 Å². The molecule has 0 fully saturated rings. The molecule has 1 unspecified atom stereocenters. The summed E-state index contributed by atoms with van der Waals surface area (Å²) in [5.41, 5.74) is 2.11. The van der Waals surface area contributed by atoms with Gasteiger partial charge in [0.25, 0.3) is 5.89 Å². The van der Waals surface area contributed by atoms with E-state index in [9.17, 15) is 0 Å². The van der Waals surface area contributed by atoms with Crippen LogP contribution in [0.2, 0.25) is 0 Å². The smallest absolute Gasteiger partial charge is 0.257 e. The Balaban J connectivity index is 1.59. The number of tetrazole rings is 1. The summed E-state index contributed by atoms with van der Waals surface area (Å²) in [5.74, 6) is 1.52. The van der Waals surface area contributed by atoms with E-state index in [-0.39, 0.29) is 6.04 Å². The molecular formula is C16H14N6OS. The van der Waals surface area contributed by atoms with Crippen LogP contribution in [-0.2, 0) is 0 Å². The third kappa shape index (κ3) is 2.71. The maximum Gasteiger partial charge on any atom is 0.257 e. The minimum atomic E-state index is -0.294. The number of aromatic nitrogens is 6. The van der Waals surface area contributed by atoms with Gasteiger partial charge in [-0.2, -0.15) is 4.80 Å². The zero-order chi connectivity index (χ0) is 16.5. The summed E-state index contributed by atoms with van der Waals surface area (Å²) >= 11 is 1.55. The Morgan fingerprint density at radius 3 is 2.67 bits per heavy atom. The van der Waals surface area contributed by atoms with Gasteiger partial charge in [0.15, 0.2) is 0 Å². The van der Waals surface area contributed by atoms with Crippen molar-refractivity contribution in [3.63, 3.8) is 0 Å². The van der Waals surface area contributed by atoms with Crippen molar-refractivity contribution in [2.45, 2.75) is 19.9 Å². The number of hydrogen-bond acceptors (Lipinski definition) is 7. The molecule has 0 saturated carbocycles. The van der Waals surface area contributed by atoms with Gasteiger partial charge in [-0.1, -0.05) is 35.9 Å². The summed E-state index contributed by atoms with van der Waals surface area (Å²) in [6.07, 6.45) is 0. The van der Waals surface area contributed by atoms with Gasteiger partial charge in [0.05, 0.1) is 4.88 Å². The van der Waals surface area contributed by atoms with Gasteiger partial charge in [-0.3, -0.25) is 0 Å². The first-order chi connectivity index (χ1) is 11.7. The molecule has 0 aliphatic carbocycles. The zero-order valence-electron chi connectivity index (χ0n) is 13.1. The average Bonchev–Trinajstić information content (AvgIpc) is 3.34. The predicted molar refractivity (Wildman–Crippen MR) is 89.4 cm³/mol. The van der Waals surface area contributed by atoms with E-state index < -0.39 is 0 Å². The lowest BCUT2D eigenvalue weighted by molar-refractivity contribution is 0.383. The maximum atomic E-state index is 5.73. The molecule has 7 nitrogen and oxygen atoms in total. The highest BCUT2D eigenvalue weighted by molar-refractivity contribution is 7.13. The fraction of sp³-hybridized carbons (Fsp3) is 0.188. The van der Waals surface area contributed by atoms with E-state index in [0.29, 0.717) is 17.6 Å². The molecule has 24 heavy (non-hydrogen) atoms. The second-order valence-corrected chi connectivity index (χ2v) is 6.35. The molecule has 0 radical (unpaired) electrons. The second-order valence-electron chi connectivity index (χ2n) is 5.40. The molecule has 0 amide bonds. The molecule has 4 aromatic rings. The highest BCUT2D eigenvalue weighted by Crippen LogP contribution is 2.25. The van der Waals surface area contributed by atoms with Crippen molar-refractivity contribution in [2.24, 2.45) is 0 Å². The first kappa shape index (κ1) is 14.7. The van der Waals surface area contributed by atoms with Gasteiger partial charge in [0.2, 0.25) is 11.7 Å². The van der Waals surface area contributed by atoms with Crippen molar-refractivity contribution in [3.05, 3.63) is 53.2 Å². The SMILES string of the molecule is Cc1ccc(-c2nnn(C(C)c3nnc(-c4cccs4)o3)n2)cc1. The van der Waals surface area contributed by atoms with E-state index in [1.807, 2.05) is 55.6 Å². The maximum absolute atomic E-state index is 5.73. The van der Waals surface area contributed by atoms with E-state index in [1.54, 1.807) is 11.3 Å². The minimum Gasteiger partial charge on any atom is -0.417 e. The fourth-order valence-corrected chi connectivity index (χ4v) is 2.85. The first-order valence-corrected chi connectivity index (χ1v) is 8.32. The third-order valence-corrected chi connectivity index (χ3v) is 4.47. The van der Waals surface area contributed by atoms with Crippen LogP contribution in [0, 0.1) is 6.92 Å². The van der Waals surface area contributed by atoms with Crippen LogP contribution in [0.5, 0.6) is 0 Å². The lowest BCUT2D eigenvalue weighted by atomic mass is 10.1. The molecule has 8 heteroatoms. The number of rotatable bonds is 4. The van der Waals surface area contributed by atoms with E-state index in [4.69, 9.17) is 4.42 Å². The molecule has 0 aliphatic rings. The largest absolute Gasteiger partial charge is 0.417 e. The Labute approximate surface area is 142 Å². The van der Waals surface area contributed by atoms with Gasteiger partial charge in [0.1, 0.15) is 6.04 Å². The molecule has 4 rings (SSSR count). The predicted octanol–water partition coefficient (Wildman–Crippen LogP) is 3.37. The molecule has 0 N–H and O–H groups in total.